The highest BCUT2D eigenvalue weighted by Crippen LogP contribution is 2.39. The van der Waals surface area contributed by atoms with Crippen LogP contribution in [0.5, 0.6) is 11.5 Å². The molecule has 176 valence electrons. The minimum absolute atomic E-state index is 0.190. The lowest BCUT2D eigenvalue weighted by molar-refractivity contribution is -0.121. The van der Waals surface area contributed by atoms with Gasteiger partial charge in [0.2, 0.25) is 11.8 Å². The van der Waals surface area contributed by atoms with Crippen molar-refractivity contribution in [1.29, 1.82) is 0 Å². The Morgan fingerprint density at radius 1 is 1.03 bits per heavy atom. The number of hydrogen-bond acceptors (Lipinski definition) is 8. The van der Waals surface area contributed by atoms with Gasteiger partial charge >= 0.3 is 0 Å². The van der Waals surface area contributed by atoms with E-state index in [1.165, 1.54) is 11.3 Å². The number of ether oxygens (including phenoxy) is 2. The third-order valence-electron chi connectivity index (χ3n) is 5.69. The van der Waals surface area contributed by atoms with E-state index in [2.05, 4.69) is 0 Å². The molecule has 1 aromatic heterocycles. The third kappa shape index (κ3) is 4.22. The lowest BCUT2D eigenvalue weighted by Gasteiger charge is -2.22. The number of aromatic nitrogens is 1. The number of likely N-dealkylation sites (N-methyl/N-ethyl adjacent to an activating group) is 1. The van der Waals surface area contributed by atoms with E-state index in [-0.39, 0.29) is 30.6 Å². The Labute approximate surface area is 200 Å². The van der Waals surface area contributed by atoms with E-state index in [1.54, 1.807) is 29.2 Å². The van der Waals surface area contributed by atoms with Gasteiger partial charge in [0.05, 0.1) is 15.9 Å². The molecule has 0 N–H and O–H groups in total. The van der Waals surface area contributed by atoms with Gasteiger partial charge in [-0.05, 0) is 32.3 Å². The van der Waals surface area contributed by atoms with Gasteiger partial charge in [0.15, 0.2) is 16.6 Å². The second-order valence-corrected chi connectivity index (χ2v) is 9.40. The van der Waals surface area contributed by atoms with E-state index in [9.17, 15) is 14.4 Å². The topological polar surface area (TPSA) is 92.3 Å². The summed E-state index contributed by atoms with van der Waals surface area (Å²) in [6, 6.07) is 10.4. The van der Waals surface area contributed by atoms with E-state index in [0.717, 1.165) is 15.1 Å². The Bertz CT molecular complexity index is 1230. The van der Waals surface area contributed by atoms with Crippen LogP contribution in [0.25, 0.3) is 10.2 Å². The van der Waals surface area contributed by atoms with Gasteiger partial charge in [-0.1, -0.05) is 17.4 Å². The maximum Gasteiger partial charge on any atom is 0.260 e. The molecule has 0 spiro atoms. The van der Waals surface area contributed by atoms with Gasteiger partial charge < -0.3 is 14.4 Å². The molecule has 1 fully saturated rings. The minimum Gasteiger partial charge on any atom is -0.486 e. The van der Waals surface area contributed by atoms with Crippen molar-refractivity contribution in [2.45, 2.75) is 12.8 Å². The maximum atomic E-state index is 13.7. The van der Waals surface area contributed by atoms with E-state index in [1.807, 2.05) is 31.1 Å². The lowest BCUT2D eigenvalue weighted by Crippen LogP contribution is -2.37. The summed E-state index contributed by atoms with van der Waals surface area (Å²) < 4.78 is 12.2. The maximum absolute atomic E-state index is 13.7. The summed E-state index contributed by atoms with van der Waals surface area (Å²) in [5.74, 6) is 0.568. The van der Waals surface area contributed by atoms with Crippen molar-refractivity contribution in [1.82, 2.24) is 9.88 Å². The number of fused-ring (bicyclic) bond motifs is 2. The second-order valence-electron chi connectivity index (χ2n) is 8.39. The van der Waals surface area contributed by atoms with E-state index < -0.39 is 0 Å². The highest BCUT2D eigenvalue weighted by molar-refractivity contribution is 7.22. The predicted molar refractivity (Wildman–Crippen MR) is 129 cm³/mol. The number of nitrogens with zero attached hydrogens (tertiary/aromatic N) is 4. The van der Waals surface area contributed by atoms with Crippen LogP contribution in [-0.2, 0) is 9.59 Å². The molecule has 10 heteroatoms. The van der Waals surface area contributed by atoms with Crippen LogP contribution in [0.2, 0.25) is 0 Å². The largest absolute Gasteiger partial charge is 0.486 e. The first-order chi connectivity index (χ1) is 16.4. The Morgan fingerprint density at radius 2 is 1.74 bits per heavy atom. The zero-order valence-electron chi connectivity index (χ0n) is 18.9. The zero-order chi connectivity index (χ0) is 23.8. The van der Waals surface area contributed by atoms with E-state index in [0.29, 0.717) is 54.2 Å². The van der Waals surface area contributed by atoms with Gasteiger partial charge in [-0.3, -0.25) is 24.2 Å². The molecule has 0 saturated carbocycles. The molecule has 5 rings (SSSR count). The van der Waals surface area contributed by atoms with Gasteiger partial charge in [0.25, 0.3) is 5.91 Å². The molecule has 0 unspecified atom stereocenters. The molecule has 2 aromatic carbocycles. The number of hydrogen-bond donors (Lipinski definition) is 0. The lowest BCUT2D eigenvalue weighted by atomic mass is 10.1. The first kappa shape index (κ1) is 22.3. The predicted octanol–water partition coefficient (Wildman–Crippen LogP) is 2.93. The summed E-state index contributed by atoms with van der Waals surface area (Å²) in [6.07, 6.45) is 0.379. The van der Waals surface area contributed by atoms with Crippen LogP contribution in [-0.4, -0.2) is 68.0 Å². The van der Waals surface area contributed by atoms with Crippen molar-refractivity contribution >= 4 is 50.1 Å². The zero-order valence-corrected chi connectivity index (χ0v) is 19.8. The smallest absolute Gasteiger partial charge is 0.260 e. The number of rotatable bonds is 6. The highest BCUT2D eigenvalue weighted by atomic mass is 32.1. The average Bonchev–Trinajstić information content (AvgIpc) is 3.39. The molecule has 2 aliphatic heterocycles. The van der Waals surface area contributed by atoms with Crippen LogP contribution in [0, 0.1) is 0 Å². The fourth-order valence-corrected chi connectivity index (χ4v) is 4.95. The van der Waals surface area contributed by atoms with Crippen molar-refractivity contribution in [3.8, 4) is 11.5 Å². The van der Waals surface area contributed by atoms with E-state index in [4.69, 9.17) is 14.5 Å². The normalized spacial score (nSPS) is 15.4. The molecule has 1 saturated heterocycles. The molecule has 3 amide bonds. The summed E-state index contributed by atoms with van der Waals surface area (Å²) in [6.45, 7) is 2.04. The molecule has 9 nitrogen and oxygen atoms in total. The number of carbonyl (C=O) groups is 3. The fraction of sp³-hybridized carbons (Fsp3) is 0.333. The quantitative estimate of drug-likeness (QED) is 0.501. The Morgan fingerprint density at radius 3 is 2.44 bits per heavy atom. The molecule has 34 heavy (non-hydrogen) atoms. The van der Waals surface area contributed by atoms with Crippen LogP contribution in [0.4, 0.5) is 10.8 Å². The molecule has 0 atom stereocenters. The average molecular weight is 481 g/mol. The summed E-state index contributed by atoms with van der Waals surface area (Å²) in [4.78, 5) is 47.5. The third-order valence-corrected chi connectivity index (χ3v) is 6.73. The van der Waals surface area contributed by atoms with Crippen molar-refractivity contribution in [2.24, 2.45) is 0 Å². The number of thiazole rings is 1. The van der Waals surface area contributed by atoms with Gasteiger partial charge in [-0.25, -0.2) is 4.98 Å². The van der Waals surface area contributed by atoms with Gasteiger partial charge in [-0.2, -0.15) is 0 Å². The number of amides is 3. The highest BCUT2D eigenvalue weighted by Gasteiger charge is 2.31. The number of anilines is 2. The number of carbonyl (C=O) groups excluding carboxylic acids is 3. The first-order valence-electron chi connectivity index (χ1n) is 11.0. The van der Waals surface area contributed by atoms with Crippen LogP contribution in [0.3, 0.4) is 0 Å². The van der Waals surface area contributed by atoms with E-state index >= 15 is 0 Å². The molecule has 3 aromatic rings. The fourth-order valence-electron chi connectivity index (χ4n) is 3.95. The molecule has 0 aliphatic carbocycles. The summed E-state index contributed by atoms with van der Waals surface area (Å²) >= 11 is 1.40. The van der Waals surface area contributed by atoms with Crippen molar-refractivity contribution in [3.63, 3.8) is 0 Å². The van der Waals surface area contributed by atoms with Crippen LogP contribution in [0.1, 0.15) is 23.2 Å². The number of imide groups is 1. The second kappa shape index (κ2) is 9.03. The molecular formula is C24H24N4O5S. The van der Waals surface area contributed by atoms with Crippen LogP contribution in [0.15, 0.2) is 36.4 Å². The molecular weight excluding hydrogens is 456 g/mol. The standard InChI is InChI=1S/C24H24N4O5S/c1-26(2)8-9-27(24-25-17-13-18-19(14-20(17)34-24)33-11-10-32-18)23(31)15-4-3-5-16(12-15)28-21(29)6-7-22(28)30/h3-5,12-14H,6-11H2,1-2H3. The summed E-state index contributed by atoms with van der Waals surface area (Å²) in [5, 5.41) is 0.558. The minimum atomic E-state index is -0.251. The van der Waals surface area contributed by atoms with Gasteiger partial charge in [0, 0.05) is 43.6 Å². The summed E-state index contributed by atoms with van der Waals surface area (Å²) in [7, 11) is 3.88. The van der Waals surface area contributed by atoms with Gasteiger partial charge in [-0.15, -0.1) is 0 Å². The Kier molecular flexibility index (Phi) is 5.93. The van der Waals surface area contributed by atoms with Crippen LogP contribution >= 0.6 is 11.3 Å². The van der Waals surface area contributed by atoms with Crippen molar-refractivity contribution in [3.05, 3.63) is 42.0 Å². The molecule has 2 aliphatic rings. The molecule has 0 radical (unpaired) electrons. The SMILES string of the molecule is CN(C)CCN(C(=O)c1cccc(N2C(=O)CCC2=O)c1)c1nc2cc3c(cc2s1)OCCO3. The van der Waals surface area contributed by atoms with Crippen molar-refractivity contribution in [2.75, 3.05) is 50.2 Å². The van der Waals surface area contributed by atoms with Crippen molar-refractivity contribution < 1.29 is 23.9 Å². The first-order valence-corrected chi connectivity index (χ1v) is 11.8. The number of benzene rings is 2. The van der Waals surface area contributed by atoms with Gasteiger partial charge in [0.1, 0.15) is 13.2 Å². The molecule has 0 bridgehead atoms. The Balaban J connectivity index is 1.50. The van der Waals surface area contributed by atoms with Crippen LogP contribution < -0.4 is 19.3 Å². The monoisotopic (exact) mass is 480 g/mol. The molecule has 3 heterocycles. The Hall–Kier alpha value is -3.50. The summed E-state index contributed by atoms with van der Waals surface area (Å²) in [5.41, 5.74) is 1.53.